The minimum atomic E-state index is -0.728. The van der Waals surface area contributed by atoms with Crippen molar-refractivity contribution in [1.29, 1.82) is 0 Å². The van der Waals surface area contributed by atoms with E-state index in [0.717, 1.165) is 13.1 Å². The van der Waals surface area contributed by atoms with Crippen molar-refractivity contribution >= 4 is 29.1 Å². The van der Waals surface area contributed by atoms with Gasteiger partial charge < -0.3 is 14.7 Å². The number of ether oxygens (including phenoxy) is 1. The lowest BCUT2D eigenvalue weighted by Crippen LogP contribution is -2.42. The summed E-state index contributed by atoms with van der Waals surface area (Å²) in [6, 6.07) is 6.23. The number of nitrogens with zero attached hydrogens (tertiary/aromatic N) is 4. The number of aryl methyl sites for hydroxylation is 2. The van der Waals surface area contributed by atoms with E-state index < -0.39 is 17.7 Å². The maximum absolute atomic E-state index is 13.1. The molecule has 1 N–H and O–H groups in total. The van der Waals surface area contributed by atoms with Crippen LogP contribution < -0.4 is 0 Å². The van der Waals surface area contributed by atoms with E-state index in [1.165, 1.54) is 11.1 Å². The maximum atomic E-state index is 13.1. The quantitative estimate of drug-likeness (QED) is 0.419. The molecular weight excluding hydrogens is 432 g/mol. The maximum Gasteiger partial charge on any atom is 0.295 e. The summed E-state index contributed by atoms with van der Waals surface area (Å²) < 4.78 is 5.39. The monoisotopic (exact) mass is 456 g/mol. The van der Waals surface area contributed by atoms with Crippen LogP contribution in [0.25, 0.3) is 5.76 Å². The number of hydrogen-bond donors (Lipinski definition) is 1. The van der Waals surface area contributed by atoms with Crippen LogP contribution in [0.3, 0.4) is 0 Å². The zero-order valence-corrected chi connectivity index (χ0v) is 18.8. The van der Waals surface area contributed by atoms with Crippen molar-refractivity contribution in [3.8, 4) is 0 Å². The van der Waals surface area contributed by atoms with Crippen molar-refractivity contribution in [3.63, 3.8) is 0 Å². The number of amides is 1. The molecule has 2 aromatic rings. The molecule has 2 saturated heterocycles. The summed E-state index contributed by atoms with van der Waals surface area (Å²) in [5.74, 6) is -1.07. The topological polar surface area (TPSA) is 95.9 Å². The third kappa shape index (κ3) is 4.39. The Morgan fingerprint density at radius 2 is 1.84 bits per heavy atom. The van der Waals surface area contributed by atoms with Crippen molar-refractivity contribution < 1.29 is 19.4 Å². The number of morpholine rings is 1. The number of aliphatic hydroxyl groups excluding tert-OH is 1. The largest absolute Gasteiger partial charge is 0.507 e. The van der Waals surface area contributed by atoms with Crippen LogP contribution in [-0.2, 0) is 14.3 Å². The minimum Gasteiger partial charge on any atom is -0.507 e. The molecule has 0 bridgehead atoms. The Hall–Kier alpha value is -2.81. The predicted molar refractivity (Wildman–Crippen MR) is 119 cm³/mol. The lowest BCUT2D eigenvalue weighted by molar-refractivity contribution is -0.140. The number of hydrogen-bond acceptors (Lipinski definition) is 7. The first-order valence-corrected chi connectivity index (χ1v) is 10.9. The number of Topliss-reactive ketones (excluding diaryl/α,β-unsaturated/α-hetero) is 1. The third-order valence-electron chi connectivity index (χ3n) is 5.84. The molecule has 1 unspecified atom stereocenters. The van der Waals surface area contributed by atoms with Crippen molar-refractivity contribution in [2.75, 3.05) is 39.4 Å². The van der Waals surface area contributed by atoms with Gasteiger partial charge in [-0.05, 0) is 31.5 Å². The number of aromatic nitrogens is 2. The zero-order chi connectivity index (χ0) is 22.8. The molecule has 32 heavy (non-hydrogen) atoms. The number of likely N-dealkylation sites (tertiary alicyclic amines) is 1. The lowest BCUT2D eigenvalue weighted by atomic mass is 9.95. The summed E-state index contributed by atoms with van der Waals surface area (Å²) in [5, 5.41) is 11.7. The smallest absolute Gasteiger partial charge is 0.295 e. The van der Waals surface area contributed by atoms with E-state index in [1.54, 1.807) is 38.1 Å². The van der Waals surface area contributed by atoms with Crippen LogP contribution in [0.2, 0.25) is 5.02 Å². The molecule has 2 aliphatic heterocycles. The average molecular weight is 457 g/mol. The molecule has 0 radical (unpaired) electrons. The molecule has 0 saturated carbocycles. The van der Waals surface area contributed by atoms with Crippen LogP contribution in [0.15, 0.2) is 36.0 Å². The first-order valence-electron chi connectivity index (χ1n) is 10.5. The lowest BCUT2D eigenvalue weighted by Gasteiger charge is -2.31. The van der Waals surface area contributed by atoms with Gasteiger partial charge in [0, 0.05) is 37.4 Å². The van der Waals surface area contributed by atoms with Gasteiger partial charge in [-0.1, -0.05) is 23.7 Å². The van der Waals surface area contributed by atoms with Crippen molar-refractivity contribution in [2.45, 2.75) is 19.9 Å². The van der Waals surface area contributed by atoms with Gasteiger partial charge in [0.1, 0.15) is 11.6 Å². The van der Waals surface area contributed by atoms with E-state index in [0.29, 0.717) is 54.0 Å². The average Bonchev–Trinajstić information content (AvgIpc) is 3.03. The molecule has 168 valence electrons. The number of carbonyl (C=O) groups excluding carboxylic acids is 2. The fourth-order valence-corrected chi connectivity index (χ4v) is 4.26. The first-order chi connectivity index (χ1) is 15.4. The van der Waals surface area contributed by atoms with Gasteiger partial charge in [-0.3, -0.25) is 14.5 Å². The Labute approximate surface area is 191 Å². The van der Waals surface area contributed by atoms with Crippen LogP contribution in [-0.4, -0.2) is 76.0 Å². The Kier molecular flexibility index (Phi) is 6.55. The molecule has 1 atom stereocenters. The Bertz CT molecular complexity index is 1060. The van der Waals surface area contributed by atoms with Gasteiger partial charge in [0.15, 0.2) is 0 Å². The fraction of sp³-hybridized carbons (Fsp3) is 0.391. The van der Waals surface area contributed by atoms with E-state index in [2.05, 4.69) is 14.9 Å². The van der Waals surface area contributed by atoms with E-state index in [1.807, 2.05) is 0 Å². The van der Waals surface area contributed by atoms with Crippen molar-refractivity contribution in [2.24, 2.45) is 0 Å². The number of aliphatic hydroxyl groups is 1. The molecule has 1 amide bonds. The van der Waals surface area contributed by atoms with E-state index >= 15 is 0 Å². The molecule has 2 aliphatic rings. The number of benzene rings is 1. The summed E-state index contributed by atoms with van der Waals surface area (Å²) in [6.07, 6.45) is 1.48. The number of ketones is 1. The number of carbonyl (C=O) groups is 2. The molecule has 4 rings (SSSR count). The van der Waals surface area contributed by atoms with E-state index in [-0.39, 0.29) is 11.3 Å². The summed E-state index contributed by atoms with van der Waals surface area (Å²) in [6.45, 7) is 7.26. The van der Waals surface area contributed by atoms with Gasteiger partial charge >= 0.3 is 0 Å². The summed E-state index contributed by atoms with van der Waals surface area (Å²) in [5.41, 5.74) is 1.60. The Morgan fingerprint density at radius 1 is 1.16 bits per heavy atom. The Balaban J connectivity index is 1.75. The summed E-state index contributed by atoms with van der Waals surface area (Å²) >= 11 is 6.06. The minimum absolute atomic E-state index is 0.0369. The molecule has 1 aromatic heterocycles. The van der Waals surface area contributed by atoms with Crippen molar-refractivity contribution in [1.82, 2.24) is 19.8 Å². The molecular formula is C23H25ClN4O4. The van der Waals surface area contributed by atoms with Gasteiger partial charge in [-0.25, -0.2) is 9.97 Å². The van der Waals surface area contributed by atoms with Gasteiger partial charge in [-0.15, -0.1) is 0 Å². The van der Waals surface area contributed by atoms with Gasteiger partial charge in [-0.2, -0.15) is 0 Å². The van der Waals surface area contributed by atoms with Gasteiger partial charge in [0.05, 0.1) is 36.1 Å². The SMILES string of the molecule is Cc1ncc(C(O)=C2C(=O)C(=O)N(CCN3CCOCC3)C2c2ccc(Cl)cc2)c(C)n1. The van der Waals surface area contributed by atoms with Crippen LogP contribution in [0.1, 0.15) is 28.7 Å². The second kappa shape index (κ2) is 9.36. The molecule has 1 aromatic carbocycles. The highest BCUT2D eigenvalue weighted by atomic mass is 35.5. The molecule has 2 fully saturated rings. The Morgan fingerprint density at radius 3 is 2.50 bits per heavy atom. The highest BCUT2D eigenvalue weighted by Gasteiger charge is 2.46. The molecule has 8 nitrogen and oxygen atoms in total. The number of rotatable bonds is 5. The molecule has 9 heteroatoms. The molecule has 0 aliphatic carbocycles. The fourth-order valence-electron chi connectivity index (χ4n) is 4.14. The van der Waals surface area contributed by atoms with E-state index in [9.17, 15) is 14.7 Å². The highest BCUT2D eigenvalue weighted by molar-refractivity contribution is 6.46. The zero-order valence-electron chi connectivity index (χ0n) is 18.0. The second-order valence-electron chi connectivity index (χ2n) is 7.91. The van der Waals surface area contributed by atoms with Gasteiger partial charge in [0.25, 0.3) is 11.7 Å². The van der Waals surface area contributed by atoms with Gasteiger partial charge in [0.2, 0.25) is 0 Å². The standard InChI is InChI=1S/C23H25ClN4O4/c1-14-18(13-25-15(2)26-14)21(29)19-20(16-3-5-17(24)6-4-16)28(23(31)22(19)30)8-7-27-9-11-32-12-10-27/h3-6,13,20,29H,7-12H2,1-2H3. The molecule has 0 spiro atoms. The summed E-state index contributed by atoms with van der Waals surface area (Å²) in [4.78, 5) is 38.3. The highest BCUT2D eigenvalue weighted by Crippen LogP contribution is 2.39. The van der Waals surface area contributed by atoms with Crippen LogP contribution in [0.5, 0.6) is 0 Å². The van der Waals surface area contributed by atoms with E-state index in [4.69, 9.17) is 16.3 Å². The first kappa shape index (κ1) is 22.4. The summed E-state index contributed by atoms with van der Waals surface area (Å²) in [7, 11) is 0. The molecule has 3 heterocycles. The van der Waals surface area contributed by atoms with Crippen LogP contribution >= 0.6 is 11.6 Å². The predicted octanol–water partition coefficient (Wildman–Crippen LogP) is 2.50. The van der Waals surface area contributed by atoms with Crippen LogP contribution in [0.4, 0.5) is 0 Å². The second-order valence-corrected chi connectivity index (χ2v) is 8.35. The third-order valence-corrected chi connectivity index (χ3v) is 6.09. The van der Waals surface area contributed by atoms with Crippen molar-refractivity contribution in [3.05, 3.63) is 63.7 Å². The number of halogens is 1. The van der Waals surface area contributed by atoms with Crippen LogP contribution in [0, 0.1) is 13.8 Å². The normalized spacial score (nSPS) is 21.3.